The summed E-state index contributed by atoms with van der Waals surface area (Å²) in [5, 5.41) is 9.61. The molecular formula is C53H36N4. The Morgan fingerprint density at radius 3 is 1.51 bits per heavy atom. The molecule has 3 aromatic heterocycles. The molecule has 11 rings (SSSR count). The summed E-state index contributed by atoms with van der Waals surface area (Å²) >= 11 is 0. The minimum absolute atomic E-state index is 0.785. The van der Waals surface area contributed by atoms with Crippen molar-refractivity contribution in [1.82, 2.24) is 19.9 Å². The van der Waals surface area contributed by atoms with Crippen molar-refractivity contribution < 1.29 is 0 Å². The normalized spacial score (nSPS) is 12.2. The second-order valence-corrected chi connectivity index (χ2v) is 14.7. The number of benzene rings is 7. The average molecular weight is 729 g/mol. The van der Waals surface area contributed by atoms with Crippen molar-refractivity contribution in [3.05, 3.63) is 206 Å². The number of hydrogen-bond donors (Lipinski definition) is 1. The predicted molar refractivity (Wildman–Crippen MR) is 237 cm³/mol. The molecule has 0 atom stereocenters. The summed E-state index contributed by atoms with van der Waals surface area (Å²) in [6.07, 6.45) is 12.0. The molecule has 1 N–H and O–H groups in total. The fraction of sp³-hybridized carbons (Fsp3) is 0.0189. The molecule has 268 valence electrons. The van der Waals surface area contributed by atoms with Crippen molar-refractivity contribution in [1.29, 1.82) is 0 Å². The van der Waals surface area contributed by atoms with E-state index in [2.05, 4.69) is 180 Å². The van der Waals surface area contributed by atoms with Gasteiger partial charge in [-0.25, -0.2) is 0 Å². The van der Waals surface area contributed by atoms with Crippen molar-refractivity contribution in [2.45, 2.75) is 6.54 Å². The molecule has 57 heavy (non-hydrogen) atoms. The number of pyridine rings is 2. The molecule has 7 aromatic carbocycles. The topological polar surface area (TPSA) is 42.7 Å². The Kier molecular flexibility index (Phi) is 7.85. The van der Waals surface area contributed by atoms with E-state index in [9.17, 15) is 0 Å². The lowest BCUT2D eigenvalue weighted by Gasteiger charge is -2.18. The van der Waals surface area contributed by atoms with E-state index in [-0.39, 0.29) is 0 Å². The molecule has 10 aromatic rings. The first-order chi connectivity index (χ1) is 28.3. The number of aromatic nitrogens is 3. The lowest BCUT2D eigenvalue weighted by Crippen LogP contribution is -2.10. The van der Waals surface area contributed by atoms with Gasteiger partial charge in [-0.05, 0) is 110 Å². The molecule has 4 heteroatoms. The van der Waals surface area contributed by atoms with E-state index in [0.717, 1.165) is 45.6 Å². The maximum Gasteiger partial charge on any atom is 0.0538 e. The molecule has 0 bridgehead atoms. The quantitative estimate of drug-likeness (QED) is 0.173. The third kappa shape index (κ3) is 5.61. The minimum Gasteiger partial charge on any atom is -0.387 e. The van der Waals surface area contributed by atoms with Crippen LogP contribution in [-0.4, -0.2) is 14.5 Å². The summed E-state index contributed by atoms with van der Waals surface area (Å²) in [6, 6.07) is 59.1. The number of fused-ring (bicyclic) bond motifs is 5. The summed E-state index contributed by atoms with van der Waals surface area (Å²) in [6.45, 7) is 0.785. The number of hydrogen-bond acceptors (Lipinski definition) is 3. The van der Waals surface area contributed by atoms with E-state index in [1.807, 2.05) is 31.0 Å². The van der Waals surface area contributed by atoms with Crippen LogP contribution in [0, 0.1) is 0 Å². The highest BCUT2D eigenvalue weighted by Crippen LogP contribution is 2.45. The van der Waals surface area contributed by atoms with Crippen LogP contribution in [0.5, 0.6) is 0 Å². The molecule has 0 radical (unpaired) electrons. The van der Waals surface area contributed by atoms with Gasteiger partial charge in [0, 0.05) is 70.2 Å². The Morgan fingerprint density at radius 1 is 0.404 bits per heavy atom. The van der Waals surface area contributed by atoms with Crippen LogP contribution < -0.4 is 5.32 Å². The molecule has 1 aliphatic rings. The lowest BCUT2D eigenvalue weighted by atomic mass is 9.85. The van der Waals surface area contributed by atoms with Gasteiger partial charge in [0.25, 0.3) is 0 Å². The van der Waals surface area contributed by atoms with E-state index in [1.54, 1.807) is 0 Å². The third-order valence-electron chi connectivity index (χ3n) is 11.4. The van der Waals surface area contributed by atoms with Crippen molar-refractivity contribution in [2.75, 3.05) is 0 Å². The number of para-hydroxylation sites is 1. The second kappa shape index (κ2) is 13.6. The summed E-state index contributed by atoms with van der Waals surface area (Å²) in [5.74, 6) is 0. The fourth-order valence-corrected chi connectivity index (χ4v) is 8.77. The van der Waals surface area contributed by atoms with Crippen LogP contribution in [0.4, 0.5) is 0 Å². The van der Waals surface area contributed by atoms with Gasteiger partial charge in [-0.15, -0.1) is 0 Å². The van der Waals surface area contributed by atoms with Crippen LogP contribution in [0.1, 0.15) is 11.3 Å². The molecule has 4 heterocycles. The van der Waals surface area contributed by atoms with Crippen LogP contribution >= 0.6 is 0 Å². The van der Waals surface area contributed by atoms with Crippen molar-refractivity contribution in [2.24, 2.45) is 0 Å². The lowest BCUT2D eigenvalue weighted by molar-refractivity contribution is 0.855. The third-order valence-corrected chi connectivity index (χ3v) is 11.4. The van der Waals surface area contributed by atoms with Crippen LogP contribution in [0.2, 0.25) is 0 Å². The molecular weight excluding hydrogens is 693 g/mol. The Hall–Kier alpha value is -7.56. The minimum atomic E-state index is 0.785. The first kappa shape index (κ1) is 32.8. The van der Waals surface area contributed by atoms with Gasteiger partial charge in [0.2, 0.25) is 0 Å². The standard InChI is InChI=1S/C53H36N4/c1-4-12-35(13-5-1)52-44-18-10-11-19-45(44)53(36-14-6-2-7-15-36)48-29-37(20-22-46(48)52)39-26-41(32-55-30-39)42-27-40(31-56-33-42)38-21-23-50-47(28-38)49-34-54-25-24-51(49)57(50)43-16-8-3-9-17-43/h1-33,54H,34H2. The average Bonchev–Trinajstić information content (AvgIpc) is 3.62. The first-order valence-corrected chi connectivity index (χ1v) is 19.4. The van der Waals surface area contributed by atoms with Crippen molar-refractivity contribution in [3.8, 4) is 61.3 Å². The number of nitrogens with one attached hydrogen (secondary N) is 1. The maximum absolute atomic E-state index is 4.79. The van der Waals surface area contributed by atoms with Crippen LogP contribution in [0.3, 0.4) is 0 Å². The van der Waals surface area contributed by atoms with Gasteiger partial charge in [-0.1, -0.05) is 121 Å². The van der Waals surface area contributed by atoms with Gasteiger partial charge >= 0.3 is 0 Å². The predicted octanol–water partition coefficient (Wildman–Crippen LogP) is 13.1. The molecule has 0 fully saturated rings. The summed E-state index contributed by atoms with van der Waals surface area (Å²) in [4.78, 5) is 9.55. The molecule has 0 saturated carbocycles. The zero-order valence-electron chi connectivity index (χ0n) is 31.1. The van der Waals surface area contributed by atoms with Gasteiger partial charge in [-0.2, -0.15) is 0 Å². The molecule has 0 amide bonds. The van der Waals surface area contributed by atoms with Crippen LogP contribution in [0.15, 0.2) is 195 Å². The molecule has 0 saturated heterocycles. The highest BCUT2D eigenvalue weighted by Gasteiger charge is 2.20. The molecule has 4 nitrogen and oxygen atoms in total. The molecule has 0 aliphatic carbocycles. The highest BCUT2D eigenvalue weighted by atomic mass is 15.0. The van der Waals surface area contributed by atoms with Gasteiger partial charge in [0.05, 0.1) is 11.2 Å². The van der Waals surface area contributed by atoms with Crippen LogP contribution in [0.25, 0.3) is 99.8 Å². The number of nitrogens with zero attached hydrogens (tertiary/aromatic N) is 3. The van der Waals surface area contributed by atoms with Crippen molar-refractivity contribution in [3.63, 3.8) is 0 Å². The van der Waals surface area contributed by atoms with E-state index in [1.165, 1.54) is 66.0 Å². The molecule has 1 aliphatic heterocycles. The van der Waals surface area contributed by atoms with Gasteiger partial charge in [0.15, 0.2) is 0 Å². The summed E-state index contributed by atoms with van der Waals surface area (Å²) < 4.78 is 2.36. The highest BCUT2D eigenvalue weighted by molar-refractivity contribution is 6.22. The smallest absolute Gasteiger partial charge is 0.0538 e. The van der Waals surface area contributed by atoms with E-state index in [0.29, 0.717) is 0 Å². The SMILES string of the molecule is C1=Cc2c(c3cc(-c4cncc(-c5cncc(-c6ccc7c(-c8ccccc8)c8ccccc8c(-c8ccccc8)c7c6)c5)c4)ccc3n2-c2ccccc2)CN1. The van der Waals surface area contributed by atoms with Crippen molar-refractivity contribution >= 4 is 38.5 Å². The molecule has 0 unspecified atom stereocenters. The van der Waals surface area contributed by atoms with E-state index >= 15 is 0 Å². The maximum atomic E-state index is 4.79. The van der Waals surface area contributed by atoms with Crippen LogP contribution in [-0.2, 0) is 6.54 Å². The molecule has 0 spiro atoms. The second-order valence-electron chi connectivity index (χ2n) is 14.7. The zero-order chi connectivity index (χ0) is 37.7. The fourth-order valence-electron chi connectivity index (χ4n) is 8.77. The van der Waals surface area contributed by atoms with E-state index in [4.69, 9.17) is 9.97 Å². The van der Waals surface area contributed by atoms with Gasteiger partial charge in [0.1, 0.15) is 0 Å². The van der Waals surface area contributed by atoms with Gasteiger partial charge in [-0.3, -0.25) is 9.97 Å². The first-order valence-electron chi connectivity index (χ1n) is 19.4. The monoisotopic (exact) mass is 728 g/mol. The summed E-state index contributed by atoms with van der Waals surface area (Å²) in [7, 11) is 0. The Labute approximate surface area is 331 Å². The summed E-state index contributed by atoms with van der Waals surface area (Å²) in [5.41, 5.74) is 16.2. The number of rotatable bonds is 6. The Bertz CT molecular complexity index is 3160. The van der Waals surface area contributed by atoms with Gasteiger partial charge < -0.3 is 9.88 Å². The zero-order valence-corrected chi connectivity index (χ0v) is 31.1. The largest absolute Gasteiger partial charge is 0.387 e. The Balaban J connectivity index is 1.02. The van der Waals surface area contributed by atoms with E-state index < -0.39 is 0 Å². The Morgan fingerprint density at radius 2 is 0.895 bits per heavy atom.